The van der Waals surface area contributed by atoms with E-state index < -0.39 is 23.6 Å². The Labute approximate surface area is 210 Å². The number of hydrogen-bond donors (Lipinski definition) is 1. The monoisotopic (exact) mass is 512 g/mol. The highest BCUT2D eigenvalue weighted by molar-refractivity contribution is 6.13. The molecule has 1 aromatic heterocycles. The number of nitrogens with zero attached hydrogens (tertiary/aromatic N) is 5. The molecule has 0 bridgehead atoms. The third kappa shape index (κ3) is 5.12. The van der Waals surface area contributed by atoms with Gasteiger partial charge in [-0.15, -0.1) is 0 Å². The van der Waals surface area contributed by atoms with E-state index in [0.717, 1.165) is 12.1 Å². The van der Waals surface area contributed by atoms with Crippen LogP contribution in [0.5, 0.6) is 5.75 Å². The number of fused-ring (bicyclic) bond motifs is 1. The molecule has 192 valence electrons. The molecule has 0 aliphatic carbocycles. The van der Waals surface area contributed by atoms with Crippen LogP contribution >= 0.6 is 0 Å². The number of hydrogen-bond acceptors (Lipinski definition) is 6. The van der Waals surface area contributed by atoms with Gasteiger partial charge < -0.3 is 19.9 Å². The number of amides is 2. The molecule has 0 saturated heterocycles. The summed E-state index contributed by atoms with van der Waals surface area (Å²) < 4.78 is 45.7. The van der Waals surface area contributed by atoms with E-state index in [1.165, 1.54) is 53.2 Å². The molecular formula is C25H23F3N6O3. The maximum absolute atomic E-state index is 13.5. The van der Waals surface area contributed by atoms with E-state index >= 15 is 0 Å². The second kappa shape index (κ2) is 9.94. The van der Waals surface area contributed by atoms with Crippen molar-refractivity contribution in [2.75, 3.05) is 44.5 Å². The molecule has 12 heteroatoms. The Morgan fingerprint density at radius 1 is 1.24 bits per heavy atom. The average molecular weight is 512 g/mol. The van der Waals surface area contributed by atoms with Crippen LogP contribution in [0, 0.1) is 11.3 Å². The zero-order chi connectivity index (χ0) is 26.9. The number of ether oxygens (including phenoxy) is 1. The highest BCUT2D eigenvalue weighted by Crippen LogP contribution is 2.34. The number of benzene rings is 2. The molecule has 1 atom stereocenters. The maximum atomic E-state index is 13.5. The van der Waals surface area contributed by atoms with E-state index in [1.807, 2.05) is 25.1 Å². The smallest absolute Gasteiger partial charge is 0.416 e. The third-order valence-corrected chi connectivity index (χ3v) is 5.89. The molecule has 0 fully saturated rings. The molecule has 0 saturated carbocycles. The molecule has 2 aromatic carbocycles. The summed E-state index contributed by atoms with van der Waals surface area (Å²) >= 11 is 0. The first-order valence-electron chi connectivity index (χ1n) is 11.1. The second-order valence-electron chi connectivity index (χ2n) is 8.71. The number of methoxy groups -OCH3 is 1. The van der Waals surface area contributed by atoms with Gasteiger partial charge >= 0.3 is 6.18 Å². The summed E-state index contributed by atoms with van der Waals surface area (Å²) in [6, 6.07) is 10.3. The number of halogens is 3. The van der Waals surface area contributed by atoms with Gasteiger partial charge in [-0.1, -0.05) is 0 Å². The number of nitriles is 1. The van der Waals surface area contributed by atoms with Crippen molar-refractivity contribution in [2.24, 2.45) is 0 Å². The Morgan fingerprint density at radius 3 is 2.54 bits per heavy atom. The predicted octanol–water partition coefficient (Wildman–Crippen LogP) is 3.80. The molecular weight excluding hydrogens is 489 g/mol. The molecule has 1 unspecified atom stereocenters. The number of likely N-dealkylation sites (N-methyl/N-ethyl adjacent to an activating group) is 1. The molecule has 0 radical (unpaired) electrons. The van der Waals surface area contributed by atoms with Gasteiger partial charge in [0.1, 0.15) is 11.8 Å². The number of aromatic nitrogens is 2. The predicted molar refractivity (Wildman–Crippen MR) is 129 cm³/mol. The van der Waals surface area contributed by atoms with Gasteiger partial charge in [0.05, 0.1) is 42.7 Å². The van der Waals surface area contributed by atoms with Crippen molar-refractivity contribution in [3.8, 4) is 11.8 Å². The minimum Gasteiger partial charge on any atom is -0.495 e. The Kier molecular flexibility index (Phi) is 6.91. The lowest BCUT2D eigenvalue weighted by Gasteiger charge is -2.35. The van der Waals surface area contributed by atoms with Gasteiger partial charge in [-0.2, -0.15) is 23.5 Å². The van der Waals surface area contributed by atoms with Crippen molar-refractivity contribution < 1.29 is 27.5 Å². The van der Waals surface area contributed by atoms with E-state index in [0.29, 0.717) is 18.0 Å². The maximum Gasteiger partial charge on any atom is 0.416 e. The fourth-order valence-corrected chi connectivity index (χ4v) is 4.18. The minimum absolute atomic E-state index is 0.0976. The summed E-state index contributed by atoms with van der Waals surface area (Å²) in [5.74, 6) is -0.774. The molecule has 1 aliphatic rings. The lowest BCUT2D eigenvalue weighted by Crippen LogP contribution is -2.46. The molecule has 0 spiro atoms. The first-order valence-corrected chi connectivity index (χ1v) is 11.1. The van der Waals surface area contributed by atoms with Crippen molar-refractivity contribution in [1.82, 2.24) is 14.7 Å². The summed E-state index contributed by atoms with van der Waals surface area (Å²) in [5.41, 5.74) is 0.0536. The van der Waals surface area contributed by atoms with E-state index in [-0.39, 0.29) is 35.1 Å². The third-order valence-electron chi connectivity index (χ3n) is 5.89. The number of alkyl halides is 3. The Hall–Kier alpha value is -4.37. The quantitative estimate of drug-likeness (QED) is 0.539. The van der Waals surface area contributed by atoms with Crippen LogP contribution in [-0.2, 0) is 6.18 Å². The summed E-state index contributed by atoms with van der Waals surface area (Å²) in [5, 5.41) is 16.3. The lowest BCUT2D eigenvalue weighted by atomic mass is 10.1. The SMILES string of the molecule is COc1ccc(C(=O)Nc2cnn3c2C(=O)N(c2ccc(C(F)(F)F)cc2)CC3CN(C)C)cc1C#N. The zero-order valence-electron chi connectivity index (χ0n) is 20.2. The van der Waals surface area contributed by atoms with Crippen LogP contribution in [0.4, 0.5) is 24.5 Å². The van der Waals surface area contributed by atoms with Crippen LogP contribution in [0.2, 0.25) is 0 Å². The van der Waals surface area contributed by atoms with Gasteiger partial charge in [-0.05, 0) is 56.6 Å². The summed E-state index contributed by atoms with van der Waals surface area (Å²) in [4.78, 5) is 29.8. The van der Waals surface area contributed by atoms with Crippen LogP contribution in [0.15, 0.2) is 48.7 Å². The fraction of sp³-hybridized carbons (Fsp3) is 0.280. The molecule has 4 rings (SSSR count). The molecule has 1 aliphatic heterocycles. The highest BCUT2D eigenvalue weighted by atomic mass is 19.4. The molecule has 9 nitrogen and oxygen atoms in total. The van der Waals surface area contributed by atoms with Gasteiger partial charge in [0, 0.05) is 17.8 Å². The summed E-state index contributed by atoms with van der Waals surface area (Å²) in [7, 11) is 5.11. The summed E-state index contributed by atoms with van der Waals surface area (Å²) in [6.45, 7) is 0.658. The van der Waals surface area contributed by atoms with Crippen molar-refractivity contribution in [2.45, 2.75) is 12.2 Å². The first kappa shape index (κ1) is 25.7. The van der Waals surface area contributed by atoms with Crippen LogP contribution in [0.25, 0.3) is 0 Å². The van der Waals surface area contributed by atoms with Crippen molar-refractivity contribution in [1.29, 1.82) is 5.26 Å². The average Bonchev–Trinajstić information content (AvgIpc) is 3.28. The minimum atomic E-state index is -4.50. The first-order chi connectivity index (χ1) is 17.5. The normalized spacial score (nSPS) is 15.4. The zero-order valence-corrected chi connectivity index (χ0v) is 20.2. The van der Waals surface area contributed by atoms with Gasteiger partial charge in [0.25, 0.3) is 11.8 Å². The Morgan fingerprint density at radius 2 is 1.95 bits per heavy atom. The Balaban J connectivity index is 1.68. The van der Waals surface area contributed by atoms with Gasteiger partial charge in [-0.25, -0.2) is 0 Å². The van der Waals surface area contributed by atoms with Gasteiger partial charge in [0.2, 0.25) is 0 Å². The standard InChI is InChI=1S/C25H23F3N6O3/c1-32(2)13-19-14-33(18-7-5-17(6-8-18)25(26,27)28)24(36)22-20(12-30-34(19)22)31-23(35)15-4-9-21(37-3)16(10-15)11-29/h4-10,12,19H,13-14H2,1-3H3,(H,31,35). The van der Waals surface area contributed by atoms with Crippen LogP contribution in [-0.4, -0.2) is 60.8 Å². The largest absolute Gasteiger partial charge is 0.495 e. The van der Waals surface area contributed by atoms with E-state index in [9.17, 15) is 28.0 Å². The Bertz CT molecular complexity index is 1380. The molecule has 2 heterocycles. The lowest BCUT2D eigenvalue weighted by molar-refractivity contribution is -0.137. The van der Waals surface area contributed by atoms with Gasteiger partial charge in [-0.3, -0.25) is 14.3 Å². The van der Waals surface area contributed by atoms with Crippen LogP contribution < -0.4 is 15.0 Å². The highest BCUT2D eigenvalue weighted by Gasteiger charge is 2.37. The van der Waals surface area contributed by atoms with E-state index in [1.54, 1.807) is 0 Å². The number of rotatable bonds is 6. The molecule has 2 amide bonds. The number of anilines is 2. The summed E-state index contributed by atoms with van der Waals surface area (Å²) in [6.07, 6.45) is -3.14. The molecule has 1 N–H and O–H groups in total. The van der Waals surface area contributed by atoms with Crippen LogP contribution in [0.3, 0.4) is 0 Å². The topological polar surface area (TPSA) is 103 Å². The van der Waals surface area contributed by atoms with E-state index in [2.05, 4.69) is 10.4 Å². The number of carbonyl (C=O) groups excluding carboxylic acids is 2. The number of carbonyl (C=O) groups is 2. The number of nitrogens with one attached hydrogen (secondary N) is 1. The fourth-order valence-electron chi connectivity index (χ4n) is 4.18. The molecule has 37 heavy (non-hydrogen) atoms. The molecule has 3 aromatic rings. The van der Waals surface area contributed by atoms with Crippen LogP contribution in [0.1, 0.15) is 38.0 Å². The second-order valence-corrected chi connectivity index (χ2v) is 8.71. The van der Waals surface area contributed by atoms with Crippen molar-refractivity contribution >= 4 is 23.2 Å². The van der Waals surface area contributed by atoms with Crippen molar-refractivity contribution in [3.63, 3.8) is 0 Å². The van der Waals surface area contributed by atoms with Crippen molar-refractivity contribution in [3.05, 3.63) is 71.0 Å². The van der Waals surface area contributed by atoms with E-state index in [4.69, 9.17) is 4.74 Å². The van der Waals surface area contributed by atoms with Gasteiger partial charge in [0.15, 0.2) is 5.69 Å².